The fourth-order valence-corrected chi connectivity index (χ4v) is 6.06. The monoisotopic (exact) mass is 508 g/mol. The summed E-state index contributed by atoms with van der Waals surface area (Å²) in [6, 6.07) is 30.3. The lowest BCUT2D eigenvalue weighted by molar-refractivity contribution is -0.275. The van der Waals surface area contributed by atoms with Crippen molar-refractivity contribution in [2.75, 3.05) is 6.61 Å². The van der Waals surface area contributed by atoms with Gasteiger partial charge in [0.15, 0.2) is 14.7 Å². The minimum atomic E-state index is -2.08. The van der Waals surface area contributed by atoms with Crippen molar-refractivity contribution in [1.29, 1.82) is 0 Å². The lowest BCUT2D eigenvalue weighted by Gasteiger charge is -2.10. The summed E-state index contributed by atoms with van der Waals surface area (Å²) in [6.45, 7) is 3.10. The predicted octanol–water partition coefficient (Wildman–Crippen LogP) is 7.97. The van der Waals surface area contributed by atoms with Gasteiger partial charge in [0.2, 0.25) is 6.16 Å². The number of unbranched alkanes of at least 4 members (excludes halogenated alkanes) is 9. The third kappa shape index (κ3) is 12.2. The molecular weight excluding hydrogens is 468 g/mol. The van der Waals surface area contributed by atoms with Crippen LogP contribution in [0.5, 0.6) is 5.75 Å². The fraction of sp³-hybridized carbons (Fsp3) is 0.387. The number of rotatable bonds is 15. The maximum atomic E-state index is 8.44. The predicted molar refractivity (Wildman–Crippen MR) is 147 cm³/mol. The average Bonchev–Trinajstić information content (AvgIpc) is 2.89. The SMILES string of the molecule is CCCCCCCCCCCCOc1ccc([S+](c2ccccc2)c2ccccc2)cc1.O=C([O-])O. The van der Waals surface area contributed by atoms with Gasteiger partial charge in [-0.3, -0.25) is 0 Å². The van der Waals surface area contributed by atoms with Crippen LogP contribution in [0.25, 0.3) is 0 Å². The van der Waals surface area contributed by atoms with E-state index in [9.17, 15) is 0 Å². The van der Waals surface area contributed by atoms with Crippen molar-refractivity contribution in [3.63, 3.8) is 0 Å². The summed E-state index contributed by atoms with van der Waals surface area (Å²) in [5.41, 5.74) is 0. The highest BCUT2D eigenvalue weighted by molar-refractivity contribution is 7.97. The van der Waals surface area contributed by atoms with E-state index in [0.29, 0.717) is 0 Å². The molecule has 0 radical (unpaired) electrons. The minimum Gasteiger partial charge on any atom is -0.565 e. The third-order valence-electron chi connectivity index (χ3n) is 5.78. The molecule has 0 aliphatic rings. The van der Waals surface area contributed by atoms with Crippen LogP contribution in [0, 0.1) is 0 Å². The van der Waals surface area contributed by atoms with Gasteiger partial charge in [-0.15, -0.1) is 0 Å². The molecule has 3 rings (SSSR count). The van der Waals surface area contributed by atoms with E-state index in [4.69, 9.17) is 19.7 Å². The van der Waals surface area contributed by atoms with Gasteiger partial charge in [0, 0.05) is 0 Å². The highest BCUT2D eigenvalue weighted by Gasteiger charge is 2.28. The van der Waals surface area contributed by atoms with E-state index in [1.165, 1.54) is 72.5 Å². The van der Waals surface area contributed by atoms with Crippen molar-refractivity contribution >= 4 is 17.1 Å². The molecule has 0 bridgehead atoms. The van der Waals surface area contributed by atoms with Gasteiger partial charge in [0.25, 0.3) is 0 Å². The van der Waals surface area contributed by atoms with E-state index >= 15 is 0 Å². The quantitative estimate of drug-likeness (QED) is 0.167. The number of carbonyl (C=O) groups is 1. The zero-order valence-corrected chi connectivity index (χ0v) is 22.3. The smallest absolute Gasteiger partial charge is 0.249 e. The summed E-state index contributed by atoms with van der Waals surface area (Å²) in [7, 11) is -0.0938. The van der Waals surface area contributed by atoms with Gasteiger partial charge in [-0.05, 0) is 55.0 Å². The van der Waals surface area contributed by atoms with Crippen molar-refractivity contribution in [2.45, 2.75) is 85.8 Å². The molecule has 0 aromatic heterocycles. The van der Waals surface area contributed by atoms with E-state index in [1.807, 2.05) is 0 Å². The molecule has 0 heterocycles. The molecule has 5 heteroatoms. The first kappa shape index (κ1) is 29.3. The molecule has 3 aromatic rings. The highest BCUT2D eigenvalue weighted by Crippen LogP contribution is 2.31. The molecule has 36 heavy (non-hydrogen) atoms. The molecule has 0 unspecified atom stereocenters. The molecule has 0 aliphatic carbocycles. The van der Waals surface area contributed by atoms with Crippen molar-refractivity contribution in [2.24, 2.45) is 0 Å². The van der Waals surface area contributed by atoms with Gasteiger partial charge in [0.1, 0.15) is 5.75 Å². The Morgan fingerprint density at radius 2 is 1.06 bits per heavy atom. The molecule has 0 saturated carbocycles. The van der Waals surface area contributed by atoms with E-state index < -0.39 is 6.16 Å². The molecule has 0 atom stereocenters. The molecule has 0 spiro atoms. The maximum absolute atomic E-state index is 8.44. The molecule has 1 N–H and O–H groups in total. The summed E-state index contributed by atoms with van der Waals surface area (Å²) in [5.74, 6) is 0.981. The standard InChI is InChI=1S/C30H39OS.CH2O3/c1-2-3-4-5-6-7-8-9-10-17-26-31-27-22-24-30(25-23-27)32(28-18-13-11-14-19-28)29-20-15-12-16-21-29;2-1(3)4/h11-16,18-25H,2-10,17,26H2,1H3;(H2,2,3,4)/q+1;/p-1. The molecule has 0 amide bonds. The Labute approximate surface area is 219 Å². The van der Waals surface area contributed by atoms with Crippen LogP contribution in [0.15, 0.2) is 99.6 Å². The summed E-state index contributed by atoms with van der Waals surface area (Å²) in [5, 5.41) is 15.3. The molecule has 0 aliphatic heterocycles. The maximum Gasteiger partial charge on any atom is 0.249 e. The largest absolute Gasteiger partial charge is 0.565 e. The first-order valence-electron chi connectivity index (χ1n) is 13.1. The Hall–Kier alpha value is -2.92. The van der Waals surface area contributed by atoms with Crippen LogP contribution in [0.2, 0.25) is 0 Å². The Morgan fingerprint density at radius 1 is 0.667 bits per heavy atom. The lowest BCUT2D eigenvalue weighted by Crippen LogP contribution is -2.17. The van der Waals surface area contributed by atoms with Gasteiger partial charge < -0.3 is 19.7 Å². The minimum absolute atomic E-state index is 0.0938. The third-order valence-corrected chi connectivity index (χ3v) is 8.01. The van der Waals surface area contributed by atoms with E-state index in [1.54, 1.807) is 0 Å². The van der Waals surface area contributed by atoms with Gasteiger partial charge in [-0.2, -0.15) is 0 Å². The van der Waals surface area contributed by atoms with Crippen LogP contribution >= 0.6 is 0 Å². The number of hydrogen-bond donors (Lipinski definition) is 1. The fourth-order valence-electron chi connectivity index (χ4n) is 3.97. The Bertz CT molecular complexity index is 902. The second-order valence-corrected chi connectivity index (χ2v) is 10.7. The van der Waals surface area contributed by atoms with Crippen molar-refractivity contribution < 1.29 is 19.7 Å². The van der Waals surface area contributed by atoms with Crippen LogP contribution < -0.4 is 9.84 Å². The van der Waals surface area contributed by atoms with Gasteiger partial charge in [0.05, 0.1) is 17.5 Å². The number of ether oxygens (including phenoxy) is 1. The second kappa shape index (κ2) is 18.4. The highest BCUT2D eigenvalue weighted by atomic mass is 32.2. The van der Waals surface area contributed by atoms with Crippen molar-refractivity contribution in [3.8, 4) is 5.75 Å². The number of benzene rings is 3. The second-order valence-electron chi connectivity index (χ2n) is 8.70. The molecule has 0 saturated heterocycles. The first-order valence-corrected chi connectivity index (χ1v) is 14.3. The zero-order chi connectivity index (χ0) is 25.8. The van der Waals surface area contributed by atoms with Crippen molar-refractivity contribution in [1.82, 2.24) is 0 Å². The van der Waals surface area contributed by atoms with Crippen LogP contribution in [0.1, 0.15) is 71.1 Å². The summed E-state index contributed by atoms with van der Waals surface area (Å²) >= 11 is 0. The zero-order valence-electron chi connectivity index (χ0n) is 21.4. The Balaban J connectivity index is 0.00000106. The molecule has 194 valence electrons. The van der Waals surface area contributed by atoms with Crippen LogP contribution in [-0.2, 0) is 10.9 Å². The van der Waals surface area contributed by atoms with Gasteiger partial charge in [-0.1, -0.05) is 101 Å². The normalized spacial score (nSPS) is 10.5. The molecule has 3 aromatic carbocycles. The number of hydrogen-bond acceptors (Lipinski definition) is 3. The average molecular weight is 509 g/mol. The molecule has 0 fully saturated rings. The van der Waals surface area contributed by atoms with Crippen LogP contribution in [0.3, 0.4) is 0 Å². The van der Waals surface area contributed by atoms with Gasteiger partial charge >= 0.3 is 0 Å². The van der Waals surface area contributed by atoms with Crippen LogP contribution in [0.4, 0.5) is 4.79 Å². The van der Waals surface area contributed by atoms with E-state index in [0.717, 1.165) is 18.8 Å². The van der Waals surface area contributed by atoms with E-state index in [2.05, 4.69) is 91.9 Å². The summed E-state index contributed by atoms with van der Waals surface area (Å²) in [6.07, 6.45) is 11.4. The summed E-state index contributed by atoms with van der Waals surface area (Å²) < 4.78 is 6.03. The first-order chi connectivity index (χ1) is 17.6. The van der Waals surface area contributed by atoms with Crippen LogP contribution in [-0.4, -0.2) is 17.9 Å². The Kier molecular flexibility index (Phi) is 15.0. The topological polar surface area (TPSA) is 69.6 Å². The van der Waals surface area contributed by atoms with Crippen molar-refractivity contribution in [3.05, 3.63) is 84.9 Å². The lowest BCUT2D eigenvalue weighted by atomic mass is 10.1. The molecular formula is C31H40O4S. The van der Waals surface area contributed by atoms with E-state index in [-0.39, 0.29) is 10.9 Å². The molecule has 4 nitrogen and oxygen atoms in total. The van der Waals surface area contributed by atoms with Gasteiger partial charge in [-0.25, -0.2) is 0 Å². The Morgan fingerprint density at radius 3 is 1.50 bits per heavy atom. The number of carboxylic acid groups (broad SMARTS) is 2. The summed E-state index contributed by atoms with van der Waals surface area (Å²) in [4.78, 5) is 12.5.